The summed E-state index contributed by atoms with van der Waals surface area (Å²) < 4.78 is 0. The standard InChI is InChI=1S/C18H36O/c1-4-6-8-10-12-14-16-18(17(3)19)15-13-11-9-7-5-2/h18H,4-16H2,1-3H3. The first-order valence-electron chi connectivity index (χ1n) is 8.72. The van der Waals surface area contributed by atoms with Crippen LogP contribution in [0.4, 0.5) is 0 Å². The van der Waals surface area contributed by atoms with E-state index in [-0.39, 0.29) is 0 Å². The second-order valence-electron chi connectivity index (χ2n) is 6.07. The van der Waals surface area contributed by atoms with Gasteiger partial charge < -0.3 is 0 Å². The van der Waals surface area contributed by atoms with E-state index in [1.807, 2.05) is 0 Å². The smallest absolute Gasteiger partial charge is 0.132 e. The Morgan fingerprint density at radius 2 is 1.05 bits per heavy atom. The summed E-state index contributed by atoms with van der Waals surface area (Å²) in [6.07, 6.45) is 16.8. The van der Waals surface area contributed by atoms with Gasteiger partial charge in [0.1, 0.15) is 5.78 Å². The minimum atomic E-state index is 0.354. The van der Waals surface area contributed by atoms with E-state index in [1.165, 1.54) is 70.6 Å². The fraction of sp³-hybridized carbons (Fsp3) is 0.944. The maximum atomic E-state index is 11.6. The molecule has 1 nitrogen and oxygen atoms in total. The Morgan fingerprint density at radius 3 is 1.42 bits per heavy atom. The van der Waals surface area contributed by atoms with Crippen LogP contribution >= 0.6 is 0 Å². The Kier molecular flexibility index (Phi) is 13.8. The molecule has 0 saturated carbocycles. The molecule has 1 heteroatoms. The molecule has 0 rings (SSSR count). The van der Waals surface area contributed by atoms with Crippen LogP contribution in [0.5, 0.6) is 0 Å². The number of carbonyl (C=O) groups is 1. The lowest BCUT2D eigenvalue weighted by molar-refractivity contribution is -0.121. The molecule has 0 radical (unpaired) electrons. The molecular formula is C18H36O. The lowest BCUT2D eigenvalue weighted by Gasteiger charge is -2.13. The van der Waals surface area contributed by atoms with Gasteiger partial charge in [-0.1, -0.05) is 84.5 Å². The molecule has 0 N–H and O–H groups in total. The van der Waals surface area contributed by atoms with Gasteiger partial charge in [-0.25, -0.2) is 0 Å². The lowest BCUT2D eigenvalue weighted by atomic mass is 9.91. The second-order valence-corrected chi connectivity index (χ2v) is 6.07. The zero-order valence-corrected chi connectivity index (χ0v) is 13.7. The van der Waals surface area contributed by atoms with Gasteiger partial charge in [0.15, 0.2) is 0 Å². The van der Waals surface area contributed by atoms with Crippen molar-refractivity contribution in [3.63, 3.8) is 0 Å². The molecular weight excluding hydrogens is 232 g/mol. The molecule has 0 fully saturated rings. The maximum Gasteiger partial charge on any atom is 0.132 e. The fourth-order valence-electron chi connectivity index (χ4n) is 2.72. The van der Waals surface area contributed by atoms with Crippen molar-refractivity contribution in [3.05, 3.63) is 0 Å². The van der Waals surface area contributed by atoms with Gasteiger partial charge in [-0.15, -0.1) is 0 Å². The Balaban J connectivity index is 3.54. The molecule has 0 aromatic rings. The largest absolute Gasteiger partial charge is 0.300 e. The summed E-state index contributed by atoms with van der Waals surface area (Å²) in [5, 5.41) is 0. The maximum absolute atomic E-state index is 11.6. The highest BCUT2D eigenvalue weighted by Gasteiger charge is 2.13. The van der Waals surface area contributed by atoms with Gasteiger partial charge in [0.05, 0.1) is 0 Å². The number of carbonyl (C=O) groups excluding carboxylic acids is 1. The van der Waals surface area contributed by atoms with Crippen LogP contribution in [0.15, 0.2) is 0 Å². The molecule has 0 saturated heterocycles. The van der Waals surface area contributed by atoms with Gasteiger partial charge in [0.25, 0.3) is 0 Å². The zero-order valence-electron chi connectivity index (χ0n) is 13.7. The van der Waals surface area contributed by atoms with Crippen LogP contribution in [0.2, 0.25) is 0 Å². The van der Waals surface area contributed by atoms with E-state index in [2.05, 4.69) is 13.8 Å². The molecule has 114 valence electrons. The zero-order chi connectivity index (χ0) is 14.3. The highest BCUT2D eigenvalue weighted by Crippen LogP contribution is 2.19. The summed E-state index contributed by atoms with van der Waals surface area (Å²) in [5.74, 6) is 0.775. The summed E-state index contributed by atoms with van der Waals surface area (Å²) in [4.78, 5) is 11.6. The van der Waals surface area contributed by atoms with Crippen LogP contribution in [-0.4, -0.2) is 5.78 Å². The first-order valence-corrected chi connectivity index (χ1v) is 8.72. The molecule has 0 aromatic heterocycles. The number of hydrogen-bond acceptors (Lipinski definition) is 1. The summed E-state index contributed by atoms with van der Waals surface area (Å²) in [5.41, 5.74) is 0. The number of Topliss-reactive ketones (excluding diaryl/α,β-unsaturated/α-hetero) is 1. The van der Waals surface area contributed by atoms with E-state index >= 15 is 0 Å². The number of ketones is 1. The van der Waals surface area contributed by atoms with E-state index in [0.717, 1.165) is 12.8 Å². The van der Waals surface area contributed by atoms with E-state index in [1.54, 1.807) is 6.92 Å². The molecule has 1 unspecified atom stereocenters. The normalized spacial score (nSPS) is 12.6. The molecule has 0 aliphatic rings. The molecule has 0 heterocycles. The molecule has 19 heavy (non-hydrogen) atoms. The highest BCUT2D eigenvalue weighted by atomic mass is 16.1. The minimum Gasteiger partial charge on any atom is -0.300 e. The molecule has 0 aliphatic heterocycles. The van der Waals surface area contributed by atoms with E-state index in [0.29, 0.717) is 11.7 Å². The predicted octanol–water partition coefficient (Wildman–Crippen LogP) is 6.30. The van der Waals surface area contributed by atoms with Crippen molar-refractivity contribution in [2.75, 3.05) is 0 Å². The van der Waals surface area contributed by atoms with Crippen LogP contribution in [0.1, 0.15) is 104 Å². The van der Waals surface area contributed by atoms with Crippen molar-refractivity contribution in [1.29, 1.82) is 0 Å². The minimum absolute atomic E-state index is 0.354. The monoisotopic (exact) mass is 268 g/mol. The van der Waals surface area contributed by atoms with Crippen molar-refractivity contribution >= 4 is 5.78 Å². The van der Waals surface area contributed by atoms with Crippen LogP contribution < -0.4 is 0 Å². The van der Waals surface area contributed by atoms with Gasteiger partial charge in [-0.3, -0.25) is 4.79 Å². The van der Waals surface area contributed by atoms with E-state index in [9.17, 15) is 4.79 Å². The van der Waals surface area contributed by atoms with Crippen molar-refractivity contribution in [2.45, 2.75) is 104 Å². The Bertz CT molecular complexity index is 198. The highest BCUT2D eigenvalue weighted by molar-refractivity contribution is 5.78. The Hall–Kier alpha value is -0.330. The van der Waals surface area contributed by atoms with Crippen LogP contribution in [-0.2, 0) is 4.79 Å². The van der Waals surface area contributed by atoms with Crippen LogP contribution in [0.25, 0.3) is 0 Å². The van der Waals surface area contributed by atoms with Crippen molar-refractivity contribution in [2.24, 2.45) is 5.92 Å². The molecule has 0 amide bonds. The number of unbranched alkanes of at least 4 members (excludes halogenated alkanes) is 9. The second kappa shape index (κ2) is 14.1. The average Bonchev–Trinajstić information content (AvgIpc) is 2.39. The van der Waals surface area contributed by atoms with Gasteiger partial charge in [-0.2, -0.15) is 0 Å². The SMILES string of the molecule is CCCCCCCCC(CCCCCCC)C(C)=O. The summed E-state index contributed by atoms with van der Waals surface area (Å²) in [6.45, 7) is 6.29. The first kappa shape index (κ1) is 18.7. The van der Waals surface area contributed by atoms with Gasteiger partial charge in [0.2, 0.25) is 0 Å². The summed E-state index contributed by atoms with van der Waals surface area (Å²) in [6, 6.07) is 0. The Labute approximate surface area is 121 Å². The molecule has 1 atom stereocenters. The molecule has 0 spiro atoms. The molecule has 0 bridgehead atoms. The summed E-state index contributed by atoms with van der Waals surface area (Å²) in [7, 11) is 0. The molecule has 0 aromatic carbocycles. The van der Waals surface area contributed by atoms with Gasteiger partial charge in [0, 0.05) is 5.92 Å². The van der Waals surface area contributed by atoms with Gasteiger partial charge >= 0.3 is 0 Å². The van der Waals surface area contributed by atoms with Gasteiger partial charge in [-0.05, 0) is 19.8 Å². The van der Waals surface area contributed by atoms with Crippen molar-refractivity contribution in [3.8, 4) is 0 Å². The third-order valence-corrected chi connectivity index (χ3v) is 4.14. The first-order chi connectivity index (χ1) is 9.22. The topological polar surface area (TPSA) is 17.1 Å². The van der Waals surface area contributed by atoms with Crippen molar-refractivity contribution < 1.29 is 4.79 Å². The number of rotatable bonds is 14. The average molecular weight is 268 g/mol. The number of hydrogen-bond donors (Lipinski definition) is 0. The van der Waals surface area contributed by atoms with Crippen molar-refractivity contribution in [1.82, 2.24) is 0 Å². The lowest BCUT2D eigenvalue weighted by Crippen LogP contribution is -2.10. The third-order valence-electron chi connectivity index (χ3n) is 4.14. The third kappa shape index (κ3) is 12.4. The van der Waals surface area contributed by atoms with Crippen LogP contribution in [0.3, 0.4) is 0 Å². The fourth-order valence-corrected chi connectivity index (χ4v) is 2.72. The summed E-state index contributed by atoms with van der Waals surface area (Å²) >= 11 is 0. The quantitative estimate of drug-likeness (QED) is 0.338. The van der Waals surface area contributed by atoms with Crippen LogP contribution in [0, 0.1) is 5.92 Å². The Morgan fingerprint density at radius 1 is 0.684 bits per heavy atom. The van der Waals surface area contributed by atoms with E-state index < -0.39 is 0 Å². The van der Waals surface area contributed by atoms with E-state index in [4.69, 9.17) is 0 Å². The molecule has 0 aliphatic carbocycles. The predicted molar refractivity (Wildman–Crippen MR) is 85.5 cm³/mol.